The van der Waals surface area contributed by atoms with Crippen LogP contribution in [0, 0.1) is 0 Å². The molecule has 0 aromatic heterocycles. The highest BCUT2D eigenvalue weighted by atomic mass is 14.1. The predicted molar refractivity (Wildman–Crippen MR) is 107 cm³/mol. The topological polar surface area (TPSA) is 0 Å². The molecular weight excluding hydrogens is 288 g/mol. The van der Waals surface area contributed by atoms with Crippen LogP contribution in [-0.2, 0) is 6.42 Å². The second-order valence-electron chi connectivity index (χ2n) is 7.10. The van der Waals surface area contributed by atoms with Crippen LogP contribution in [0.3, 0.4) is 0 Å². The van der Waals surface area contributed by atoms with E-state index in [9.17, 15) is 0 Å². The molecule has 0 saturated carbocycles. The lowest BCUT2D eigenvalue weighted by atomic mass is 9.90. The van der Waals surface area contributed by atoms with Gasteiger partial charge in [-0.15, -0.1) is 0 Å². The fraction of sp³-hybridized carbons (Fsp3) is 0.333. The fourth-order valence-electron chi connectivity index (χ4n) is 4.14. The minimum Gasteiger partial charge on any atom is -0.0654 e. The van der Waals surface area contributed by atoms with Gasteiger partial charge in [0, 0.05) is 0 Å². The minimum atomic E-state index is 1.20. The summed E-state index contributed by atoms with van der Waals surface area (Å²) in [5, 5.41) is 8.51. The van der Waals surface area contributed by atoms with Crippen molar-refractivity contribution in [2.75, 3.05) is 0 Å². The monoisotopic (exact) mass is 314 g/mol. The van der Waals surface area contributed by atoms with Crippen LogP contribution in [0.1, 0.15) is 51.0 Å². The highest BCUT2D eigenvalue weighted by Gasteiger charge is 2.11. The Bertz CT molecular complexity index is 948. The number of rotatable bonds is 7. The Morgan fingerprint density at radius 3 is 2.12 bits per heavy atom. The van der Waals surface area contributed by atoms with Gasteiger partial charge in [0.15, 0.2) is 0 Å². The Kier molecular flexibility index (Phi) is 4.38. The van der Waals surface area contributed by atoms with Crippen LogP contribution in [0.4, 0.5) is 0 Å². The van der Waals surface area contributed by atoms with E-state index in [1.54, 1.807) is 0 Å². The van der Waals surface area contributed by atoms with E-state index in [-0.39, 0.29) is 0 Å². The van der Waals surface area contributed by atoms with Crippen molar-refractivity contribution in [3.05, 3.63) is 60.2 Å². The Morgan fingerprint density at radius 2 is 1.29 bits per heavy atom. The number of hydrogen-bond donors (Lipinski definition) is 0. The lowest BCUT2D eigenvalue weighted by Gasteiger charge is -2.14. The van der Waals surface area contributed by atoms with E-state index in [2.05, 4.69) is 61.5 Å². The highest BCUT2D eigenvalue weighted by molar-refractivity contribution is 6.23. The quantitative estimate of drug-likeness (QED) is 0.245. The van der Waals surface area contributed by atoms with Crippen molar-refractivity contribution in [2.24, 2.45) is 0 Å². The standard InChI is InChI=1S/C24H26/c1-2-3-4-5-6-7-10-20-17-21-13-8-11-18-15-16-19-12-9-14-22(20)24(19)23(18)21/h8-9,11-17H,2-7,10H2,1H3. The Labute approximate surface area is 144 Å². The van der Waals surface area contributed by atoms with Gasteiger partial charge in [0.2, 0.25) is 0 Å². The summed E-state index contributed by atoms with van der Waals surface area (Å²) in [6.45, 7) is 2.28. The van der Waals surface area contributed by atoms with Crippen molar-refractivity contribution in [1.82, 2.24) is 0 Å². The lowest BCUT2D eigenvalue weighted by molar-refractivity contribution is 0.608. The lowest BCUT2D eigenvalue weighted by Crippen LogP contribution is -1.92. The van der Waals surface area contributed by atoms with E-state index in [1.807, 2.05) is 0 Å². The smallest absolute Gasteiger partial charge is 0.00240 e. The maximum atomic E-state index is 2.44. The Morgan fingerprint density at radius 1 is 0.625 bits per heavy atom. The van der Waals surface area contributed by atoms with Crippen molar-refractivity contribution in [3.8, 4) is 0 Å². The van der Waals surface area contributed by atoms with E-state index in [0.29, 0.717) is 0 Å². The van der Waals surface area contributed by atoms with Crippen LogP contribution in [0.25, 0.3) is 32.3 Å². The third kappa shape index (κ3) is 2.75. The summed E-state index contributed by atoms with van der Waals surface area (Å²) in [6.07, 6.45) is 9.37. The molecule has 0 aliphatic heterocycles. The molecule has 0 bridgehead atoms. The number of hydrogen-bond acceptors (Lipinski definition) is 0. The summed E-state index contributed by atoms with van der Waals surface area (Å²) in [5.41, 5.74) is 1.53. The van der Waals surface area contributed by atoms with E-state index >= 15 is 0 Å². The van der Waals surface area contributed by atoms with Crippen molar-refractivity contribution in [2.45, 2.75) is 51.9 Å². The van der Waals surface area contributed by atoms with Gasteiger partial charge in [-0.1, -0.05) is 93.6 Å². The normalized spacial score (nSPS) is 11.9. The number of aryl methyl sites for hydroxylation is 1. The molecule has 0 N–H and O–H groups in total. The third-order valence-electron chi connectivity index (χ3n) is 5.39. The maximum Gasteiger partial charge on any atom is -0.00240 e. The summed E-state index contributed by atoms with van der Waals surface area (Å²) in [5.74, 6) is 0. The molecule has 24 heavy (non-hydrogen) atoms. The molecule has 0 saturated heterocycles. The first-order valence-corrected chi connectivity index (χ1v) is 9.54. The molecule has 0 amide bonds. The maximum absolute atomic E-state index is 2.44. The van der Waals surface area contributed by atoms with E-state index in [1.165, 1.54) is 82.8 Å². The van der Waals surface area contributed by atoms with E-state index in [4.69, 9.17) is 0 Å². The largest absolute Gasteiger partial charge is 0.0654 e. The number of unbranched alkanes of at least 4 members (excludes halogenated alkanes) is 5. The van der Waals surface area contributed by atoms with Gasteiger partial charge in [0.1, 0.15) is 0 Å². The molecule has 0 nitrogen and oxygen atoms in total. The molecule has 0 atom stereocenters. The summed E-state index contributed by atoms with van der Waals surface area (Å²) in [6, 6.07) is 20.5. The van der Waals surface area contributed by atoms with Crippen molar-refractivity contribution < 1.29 is 0 Å². The van der Waals surface area contributed by atoms with Crippen LogP contribution in [0.2, 0.25) is 0 Å². The molecular formula is C24H26. The summed E-state index contributed by atoms with van der Waals surface area (Å²) >= 11 is 0. The highest BCUT2D eigenvalue weighted by Crippen LogP contribution is 2.36. The summed E-state index contributed by atoms with van der Waals surface area (Å²) in [4.78, 5) is 0. The molecule has 0 heteroatoms. The molecule has 0 unspecified atom stereocenters. The molecule has 4 aromatic rings. The van der Waals surface area contributed by atoms with Gasteiger partial charge in [0.05, 0.1) is 0 Å². The van der Waals surface area contributed by atoms with Gasteiger partial charge < -0.3 is 0 Å². The van der Waals surface area contributed by atoms with Crippen molar-refractivity contribution in [1.29, 1.82) is 0 Å². The molecule has 0 spiro atoms. The van der Waals surface area contributed by atoms with Crippen LogP contribution < -0.4 is 0 Å². The molecule has 0 fully saturated rings. The predicted octanol–water partition coefficient (Wildman–Crippen LogP) is 7.49. The zero-order valence-electron chi connectivity index (χ0n) is 14.6. The fourth-order valence-corrected chi connectivity index (χ4v) is 4.14. The van der Waals surface area contributed by atoms with E-state index in [0.717, 1.165) is 0 Å². The summed E-state index contributed by atoms with van der Waals surface area (Å²) < 4.78 is 0. The average Bonchev–Trinajstić information content (AvgIpc) is 2.63. The van der Waals surface area contributed by atoms with Gasteiger partial charge in [-0.3, -0.25) is 0 Å². The average molecular weight is 314 g/mol. The summed E-state index contributed by atoms with van der Waals surface area (Å²) in [7, 11) is 0. The van der Waals surface area contributed by atoms with Gasteiger partial charge in [-0.05, 0) is 50.7 Å². The molecule has 4 rings (SSSR count). The molecule has 0 heterocycles. The first-order chi connectivity index (χ1) is 11.9. The number of benzene rings is 4. The molecule has 0 radical (unpaired) electrons. The van der Waals surface area contributed by atoms with Gasteiger partial charge in [-0.2, -0.15) is 0 Å². The molecule has 122 valence electrons. The zero-order chi connectivity index (χ0) is 16.4. The molecule has 0 aliphatic rings. The van der Waals surface area contributed by atoms with Crippen molar-refractivity contribution >= 4 is 32.3 Å². The van der Waals surface area contributed by atoms with Crippen LogP contribution >= 0.6 is 0 Å². The third-order valence-corrected chi connectivity index (χ3v) is 5.39. The van der Waals surface area contributed by atoms with Gasteiger partial charge in [0.25, 0.3) is 0 Å². The van der Waals surface area contributed by atoms with Crippen LogP contribution in [-0.4, -0.2) is 0 Å². The molecule has 4 aromatic carbocycles. The van der Waals surface area contributed by atoms with Gasteiger partial charge in [-0.25, -0.2) is 0 Å². The van der Waals surface area contributed by atoms with Crippen molar-refractivity contribution in [3.63, 3.8) is 0 Å². The first-order valence-electron chi connectivity index (χ1n) is 9.54. The first kappa shape index (κ1) is 15.4. The van der Waals surface area contributed by atoms with Gasteiger partial charge >= 0.3 is 0 Å². The van der Waals surface area contributed by atoms with Crippen LogP contribution in [0.5, 0.6) is 0 Å². The minimum absolute atomic E-state index is 1.20. The zero-order valence-corrected chi connectivity index (χ0v) is 14.6. The SMILES string of the molecule is CCCCCCCCc1cc2cccc3ccc4cccc1c4c32. The second kappa shape index (κ2) is 6.81. The van der Waals surface area contributed by atoms with E-state index < -0.39 is 0 Å². The van der Waals surface area contributed by atoms with Crippen LogP contribution in [0.15, 0.2) is 54.6 Å². The Hall–Kier alpha value is -2.08. The second-order valence-corrected chi connectivity index (χ2v) is 7.10. The molecule has 0 aliphatic carbocycles. The Balaban J connectivity index is 1.70.